The average Bonchev–Trinajstić information content (AvgIpc) is 2.78. The smallest absolute Gasteiger partial charge is 0.252 e. The van der Waals surface area contributed by atoms with Gasteiger partial charge >= 0.3 is 0 Å². The van der Waals surface area contributed by atoms with E-state index in [1.54, 1.807) is 18.3 Å². The monoisotopic (exact) mass is 200 g/mol. The average molecular weight is 200 g/mol. The molecule has 6 nitrogen and oxygen atoms in total. The predicted molar refractivity (Wildman–Crippen MR) is 51.8 cm³/mol. The van der Waals surface area contributed by atoms with E-state index < -0.39 is 0 Å². The summed E-state index contributed by atoms with van der Waals surface area (Å²) in [5, 5.41) is 12.5. The van der Waals surface area contributed by atoms with Crippen molar-refractivity contribution >= 4 is 0 Å². The zero-order chi connectivity index (χ0) is 10.7. The number of nitrogens with two attached hydrogens (primary N) is 1. The summed E-state index contributed by atoms with van der Waals surface area (Å²) in [4.78, 5) is 7.86. The largest absolute Gasteiger partial charge is 0.325 e. The lowest BCUT2D eigenvalue weighted by Gasteiger charge is -2.01. The minimum atomic E-state index is 0.140. The van der Waals surface area contributed by atoms with E-state index in [2.05, 4.69) is 15.1 Å². The molecule has 0 aromatic carbocycles. The molecule has 0 saturated carbocycles. The van der Waals surface area contributed by atoms with Crippen molar-refractivity contribution in [2.75, 3.05) is 0 Å². The van der Waals surface area contributed by atoms with Gasteiger partial charge in [0.25, 0.3) is 5.82 Å². The number of hydrogen-bond acceptors (Lipinski definition) is 5. The number of pyridine rings is 1. The molecule has 2 N–H and O–H groups in total. The molecule has 0 fully saturated rings. The van der Waals surface area contributed by atoms with Crippen LogP contribution in [-0.2, 0) is 6.54 Å². The highest BCUT2D eigenvalue weighted by Crippen LogP contribution is 2.06. The molecule has 0 atom stereocenters. The molecule has 0 saturated heterocycles. The Kier molecular flexibility index (Phi) is 2.39. The van der Waals surface area contributed by atoms with Crippen molar-refractivity contribution in [1.29, 1.82) is 5.26 Å². The van der Waals surface area contributed by atoms with Crippen molar-refractivity contribution in [3.8, 4) is 11.8 Å². The van der Waals surface area contributed by atoms with Gasteiger partial charge in [-0.05, 0) is 12.1 Å². The number of rotatable bonds is 2. The van der Waals surface area contributed by atoms with E-state index in [1.807, 2.05) is 6.07 Å². The first-order chi connectivity index (χ1) is 7.33. The van der Waals surface area contributed by atoms with Crippen molar-refractivity contribution < 1.29 is 0 Å². The lowest BCUT2D eigenvalue weighted by molar-refractivity contribution is 0.860. The molecule has 0 spiro atoms. The van der Waals surface area contributed by atoms with Gasteiger partial charge in [-0.3, -0.25) is 4.98 Å². The van der Waals surface area contributed by atoms with Gasteiger partial charge in [-0.15, -0.1) is 5.10 Å². The van der Waals surface area contributed by atoms with Crippen LogP contribution < -0.4 is 5.73 Å². The van der Waals surface area contributed by atoms with Gasteiger partial charge in [-0.1, -0.05) is 0 Å². The Labute approximate surface area is 86.0 Å². The van der Waals surface area contributed by atoms with Gasteiger partial charge in [0.05, 0.1) is 11.4 Å². The first kappa shape index (κ1) is 9.30. The van der Waals surface area contributed by atoms with Crippen molar-refractivity contribution in [2.45, 2.75) is 6.54 Å². The maximum Gasteiger partial charge on any atom is 0.252 e. The van der Waals surface area contributed by atoms with Gasteiger partial charge in [0, 0.05) is 12.7 Å². The molecule has 0 unspecified atom stereocenters. The molecule has 2 rings (SSSR count). The number of nitrogens with zero attached hydrogens (tertiary/aromatic N) is 5. The third-order valence-electron chi connectivity index (χ3n) is 1.87. The molecular weight excluding hydrogens is 192 g/mol. The van der Waals surface area contributed by atoms with Gasteiger partial charge < -0.3 is 5.73 Å². The SMILES string of the molecule is N#Cc1ncn(-c2ccnc(CN)c2)n1. The molecule has 15 heavy (non-hydrogen) atoms. The van der Waals surface area contributed by atoms with Crippen LogP contribution in [0.3, 0.4) is 0 Å². The second-order valence-electron chi connectivity index (χ2n) is 2.83. The first-order valence-electron chi connectivity index (χ1n) is 4.30. The molecule has 0 amide bonds. The standard InChI is InChI=1S/C9H8N6/c10-4-7-3-8(1-2-12-7)15-6-13-9(5-11)14-15/h1-3,6H,4,10H2. The van der Waals surface area contributed by atoms with Crippen molar-refractivity contribution in [3.05, 3.63) is 36.2 Å². The van der Waals surface area contributed by atoms with Crippen LogP contribution in [0.4, 0.5) is 0 Å². The normalized spacial score (nSPS) is 9.87. The molecule has 2 heterocycles. The summed E-state index contributed by atoms with van der Waals surface area (Å²) in [5.74, 6) is 0.140. The van der Waals surface area contributed by atoms with E-state index in [9.17, 15) is 0 Å². The Balaban J connectivity index is 2.41. The Morgan fingerprint density at radius 3 is 3.00 bits per heavy atom. The molecular formula is C9H8N6. The van der Waals surface area contributed by atoms with E-state index in [0.717, 1.165) is 11.4 Å². The van der Waals surface area contributed by atoms with Crippen LogP contribution in [0.1, 0.15) is 11.5 Å². The van der Waals surface area contributed by atoms with E-state index in [1.165, 1.54) is 11.0 Å². The maximum atomic E-state index is 8.58. The minimum Gasteiger partial charge on any atom is -0.325 e. The number of nitriles is 1. The zero-order valence-electron chi connectivity index (χ0n) is 7.83. The van der Waals surface area contributed by atoms with Crippen LogP contribution in [0.5, 0.6) is 0 Å². The van der Waals surface area contributed by atoms with Crippen molar-refractivity contribution in [2.24, 2.45) is 5.73 Å². The molecule has 2 aromatic rings. The molecule has 0 bridgehead atoms. The zero-order valence-corrected chi connectivity index (χ0v) is 7.83. The Hall–Kier alpha value is -2.26. The fourth-order valence-electron chi connectivity index (χ4n) is 1.16. The fourth-order valence-corrected chi connectivity index (χ4v) is 1.16. The highest BCUT2D eigenvalue weighted by Gasteiger charge is 2.02. The quantitative estimate of drug-likeness (QED) is 0.736. The van der Waals surface area contributed by atoms with Gasteiger partial charge in [-0.25, -0.2) is 9.67 Å². The van der Waals surface area contributed by atoms with E-state index in [-0.39, 0.29) is 5.82 Å². The second-order valence-corrected chi connectivity index (χ2v) is 2.83. The number of hydrogen-bond donors (Lipinski definition) is 1. The van der Waals surface area contributed by atoms with Crippen LogP contribution in [-0.4, -0.2) is 19.7 Å². The molecule has 2 aromatic heterocycles. The molecule has 0 aliphatic heterocycles. The van der Waals surface area contributed by atoms with E-state index in [0.29, 0.717) is 6.54 Å². The van der Waals surface area contributed by atoms with Gasteiger partial charge in [0.2, 0.25) is 0 Å². The molecule has 0 radical (unpaired) electrons. The summed E-state index contributed by atoms with van der Waals surface area (Å²) < 4.78 is 1.51. The Bertz CT molecular complexity index is 509. The van der Waals surface area contributed by atoms with Crippen LogP contribution in [0.25, 0.3) is 5.69 Å². The lowest BCUT2D eigenvalue weighted by atomic mass is 10.3. The fraction of sp³-hybridized carbons (Fsp3) is 0.111. The third kappa shape index (κ3) is 1.82. The highest BCUT2D eigenvalue weighted by atomic mass is 15.3. The maximum absolute atomic E-state index is 8.58. The summed E-state index contributed by atoms with van der Waals surface area (Å²) >= 11 is 0. The summed E-state index contributed by atoms with van der Waals surface area (Å²) in [5.41, 5.74) is 7.02. The van der Waals surface area contributed by atoms with Gasteiger partial charge in [0.15, 0.2) is 0 Å². The minimum absolute atomic E-state index is 0.140. The molecule has 74 valence electrons. The Morgan fingerprint density at radius 2 is 2.33 bits per heavy atom. The van der Waals surface area contributed by atoms with Crippen LogP contribution in [0.15, 0.2) is 24.7 Å². The predicted octanol–water partition coefficient (Wildman–Crippen LogP) is -0.00732. The highest BCUT2D eigenvalue weighted by molar-refractivity contribution is 5.31. The van der Waals surface area contributed by atoms with Gasteiger partial charge in [0.1, 0.15) is 12.4 Å². The number of aromatic nitrogens is 4. The lowest BCUT2D eigenvalue weighted by Crippen LogP contribution is -2.02. The van der Waals surface area contributed by atoms with Crippen LogP contribution in [0, 0.1) is 11.3 Å². The Morgan fingerprint density at radius 1 is 1.47 bits per heavy atom. The molecule has 0 aliphatic carbocycles. The van der Waals surface area contributed by atoms with Crippen molar-refractivity contribution in [1.82, 2.24) is 19.7 Å². The first-order valence-corrected chi connectivity index (χ1v) is 4.30. The van der Waals surface area contributed by atoms with Crippen LogP contribution >= 0.6 is 0 Å². The van der Waals surface area contributed by atoms with E-state index in [4.69, 9.17) is 11.0 Å². The summed E-state index contributed by atoms with van der Waals surface area (Å²) in [6.07, 6.45) is 3.12. The summed E-state index contributed by atoms with van der Waals surface area (Å²) in [6, 6.07) is 5.44. The third-order valence-corrected chi connectivity index (χ3v) is 1.87. The second kappa shape index (κ2) is 3.86. The molecule has 6 heteroatoms. The van der Waals surface area contributed by atoms with Crippen LogP contribution in [0.2, 0.25) is 0 Å². The van der Waals surface area contributed by atoms with Crippen molar-refractivity contribution in [3.63, 3.8) is 0 Å². The van der Waals surface area contributed by atoms with Gasteiger partial charge in [-0.2, -0.15) is 5.26 Å². The topological polar surface area (TPSA) is 93.4 Å². The molecule has 0 aliphatic rings. The summed E-state index contributed by atoms with van der Waals surface area (Å²) in [6.45, 7) is 0.369. The van der Waals surface area contributed by atoms with E-state index >= 15 is 0 Å². The summed E-state index contributed by atoms with van der Waals surface area (Å²) in [7, 11) is 0.